The standard InChI is InChI=1S/C25H31N3O2S/c1-5-12-28(16-21(27(3)4)15-19-9-7-6-8-10-19)23-22(24(29)25(23)30)26-18(2)14-20-11-13-31-17-20/h5-11,13,17-18,21,26H,1,12,14-16H2,2-4H3/t18-,21?/m0/s1. The zero-order valence-corrected chi connectivity index (χ0v) is 19.3. The lowest BCUT2D eigenvalue weighted by molar-refractivity contribution is 0.293. The van der Waals surface area contributed by atoms with Crippen molar-refractivity contribution in [3.63, 3.8) is 0 Å². The number of benzene rings is 1. The lowest BCUT2D eigenvalue weighted by Crippen LogP contribution is -2.48. The van der Waals surface area contributed by atoms with Gasteiger partial charge in [0.15, 0.2) is 0 Å². The van der Waals surface area contributed by atoms with Crippen molar-refractivity contribution in [1.82, 2.24) is 4.90 Å². The van der Waals surface area contributed by atoms with E-state index in [0.717, 1.165) is 12.8 Å². The lowest BCUT2D eigenvalue weighted by Gasteiger charge is -2.34. The number of hydrogen-bond acceptors (Lipinski definition) is 6. The largest absolute Gasteiger partial charge is 0.377 e. The number of rotatable bonds is 12. The molecule has 0 amide bonds. The molecule has 3 aromatic rings. The first-order chi connectivity index (χ1) is 14.9. The van der Waals surface area contributed by atoms with E-state index in [0.29, 0.717) is 24.5 Å². The summed E-state index contributed by atoms with van der Waals surface area (Å²) in [5.74, 6) is 0. The van der Waals surface area contributed by atoms with Crippen LogP contribution in [0.25, 0.3) is 0 Å². The molecule has 0 saturated heterocycles. The first-order valence-corrected chi connectivity index (χ1v) is 11.5. The van der Waals surface area contributed by atoms with Gasteiger partial charge in [0, 0.05) is 25.2 Å². The second-order valence-corrected chi connectivity index (χ2v) is 9.04. The molecular weight excluding hydrogens is 406 g/mol. The van der Waals surface area contributed by atoms with E-state index in [-0.39, 0.29) is 12.1 Å². The number of likely N-dealkylation sites (N-methyl/N-ethyl adjacent to an activating group) is 1. The van der Waals surface area contributed by atoms with Crippen LogP contribution in [-0.2, 0) is 12.8 Å². The predicted molar refractivity (Wildman–Crippen MR) is 132 cm³/mol. The van der Waals surface area contributed by atoms with Crippen LogP contribution in [-0.4, -0.2) is 44.2 Å². The van der Waals surface area contributed by atoms with E-state index in [1.165, 1.54) is 11.1 Å². The molecule has 0 aliphatic rings. The third-order valence-corrected chi connectivity index (χ3v) is 6.27. The quantitative estimate of drug-likeness (QED) is 0.347. The molecule has 3 rings (SSSR count). The van der Waals surface area contributed by atoms with E-state index in [1.807, 2.05) is 49.5 Å². The maximum absolute atomic E-state index is 12.6. The summed E-state index contributed by atoms with van der Waals surface area (Å²) in [7, 11) is 4.09. The molecule has 1 aromatic heterocycles. The Hall–Kier alpha value is -2.70. The Kier molecular flexibility index (Phi) is 7.82. The Morgan fingerprint density at radius 3 is 2.42 bits per heavy atom. The Morgan fingerprint density at radius 1 is 1.06 bits per heavy atom. The summed E-state index contributed by atoms with van der Waals surface area (Å²) in [5, 5.41) is 7.45. The van der Waals surface area contributed by atoms with Crippen LogP contribution in [0.1, 0.15) is 18.1 Å². The van der Waals surface area contributed by atoms with Gasteiger partial charge in [-0.15, -0.1) is 6.58 Å². The highest BCUT2D eigenvalue weighted by Crippen LogP contribution is 2.23. The maximum Gasteiger partial charge on any atom is 0.253 e. The molecule has 0 spiro atoms. The van der Waals surface area contributed by atoms with Gasteiger partial charge in [0.05, 0.1) is 0 Å². The fraction of sp³-hybridized carbons (Fsp3) is 0.360. The molecule has 164 valence electrons. The average molecular weight is 438 g/mol. The monoisotopic (exact) mass is 437 g/mol. The van der Waals surface area contributed by atoms with Gasteiger partial charge in [-0.25, -0.2) is 0 Å². The zero-order chi connectivity index (χ0) is 22.4. The molecule has 2 atom stereocenters. The molecule has 1 heterocycles. The fourth-order valence-corrected chi connectivity index (χ4v) is 4.52. The van der Waals surface area contributed by atoms with Crippen LogP contribution in [0.4, 0.5) is 11.4 Å². The average Bonchev–Trinajstić information content (AvgIpc) is 3.26. The van der Waals surface area contributed by atoms with E-state index >= 15 is 0 Å². The number of thiophene rings is 1. The second kappa shape index (κ2) is 10.6. The van der Waals surface area contributed by atoms with E-state index in [4.69, 9.17) is 0 Å². The molecule has 1 N–H and O–H groups in total. The van der Waals surface area contributed by atoms with Gasteiger partial charge >= 0.3 is 0 Å². The van der Waals surface area contributed by atoms with Crippen molar-refractivity contribution in [3.8, 4) is 0 Å². The Balaban J connectivity index is 1.78. The van der Waals surface area contributed by atoms with Crippen molar-refractivity contribution in [2.75, 3.05) is 37.4 Å². The topological polar surface area (TPSA) is 52.6 Å². The summed E-state index contributed by atoms with van der Waals surface area (Å²) >= 11 is 1.66. The van der Waals surface area contributed by atoms with Crippen LogP contribution in [0, 0.1) is 0 Å². The maximum atomic E-state index is 12.6. The SMILES string of the molecule is C=CCN(CC(Cc1ccccc1)N(C)C)c1c(N[C@@H](C)Cc2ccsc2)c(=O)c1=O. The van der Waals surface area contributed by atoms with Crippen LogP contribution in [0.15, 0.2) is 69.4 Å². The zero-order valence-electron chi connectivity index (χ0n) is 18.5. The first kappa shape index (κ1) is 23.0. The molecule has 0 fully saturated rings. The van der Waals surface area contributed by atoms with Crippen LogP contribution >= 0.6 is 11.3 Å². The molecule has 6 heteroatoms. The number of hydrogen-bond donors (Lipinski definition) is 1. The summed E-state index contributed by atoms with van der Waals surface area (Å²) in [6, 6.07) is 12.6. The molecule has 0 bridgehead atoms. The molecular formula is C25H31N3O2S. The van der Waals surface area contributed by atoms with Gasteiger partial charge in [0.2, 0.25) is 0 Å². The molecule has 0 saturated carbocycles. The lowest BCUT2D eigenvalue weighted by atomic mass is 10.0. The summed E-state index contributed by atoms with van der Waals surface area (Å²) < 4.78 is 0. The Morgan fingerprint density at radius 2 is 1.81 bits per heavy atom. The van der Waals surface area contributed by atoms with Gasteiger partial charge < -0.3 is 15.1 Å². The Labute approximate surface area is 188 Å². The van der Waals surface area contributed by atoms with E-state index in [2.05, 4.69) is 40.4 Å². The molecule has 1 unspecified atom stereocenters. The highest BCUT2D eigenvalue weighted by molar-refractivity contribution is 7.07. The van der Waals surface area contributed by atoms with Gasteiger partial charge in [-0.2, -0.15) is 11.3 Å². The van der Waals surface area contributed by atoms with Crippen molar-refractivity contribution in [3.05, 3.63) is 91.4 Å². The highest BCUT2D eigenvalue weighted by Gasteiger charge is 2.28. The normalized spacial score (nSPS) is 13.3. The predicted octanol–water partition coefficient (Wildman–Crippen LogP) is 3.55. The van der Waals surface area contributed by atoms with E-state index in [9.17, 15) is 9.59 Å². The van der Waals surface area contributed by atoms with Gasteiger partial charge in [0.25, 0.3) is 10.9 Å². The van der Waals surface area contributed by atoms with Gasteiger partial charge in [-0.1, -0.05) is 36.4 Å². The third kappa shape index (κ3) is 5.71. The number of nitrogens with one attached hydrogen (secondary N) is 1. The van der Waals surface area contributed by atoms with Crippen LogP contribution in [0.2, 0.25) is 0 Å². The summed E-state index contributed by atoms with van der Waals surface area (Å²) in [4.78, 5) is 29.1. The van der Waals surface area contributed by atoms with Crippen LogP contribution < -0.4 is 21.1 Å². The smallest absolute Gasteiger partial charge is 0.253 e. The molecule has 5 nitrogen and oxygen atoms in total. The Bertz CT molecular complexity index is 1040. The van der Waals surface area contributed by atoms with Gasteiger partial charge in [-0.05, 0) is 61.8 Å². The number of nitrogens with zero attached hydrogens (tertiary/aromatic N) is 2. The first-order valence-electron chi connectivity index (χ1n) is 10.6. The van der Waals surface area contributed by atoms with Crippen molar-refractivity contribution >= 4 is 22.7 Å². The van der Waals surface area contributed by atoms with Crippen molar-refractivity contribution < 1.29 is 0 Å². The van der Waals surface area contributed by atoms with Crippen LogP contribution in [0.5, 0.6) is 0 Å². The highest BCUT2D eigenvalue weighted by atomic mass is 32.1. The minimum Gasteiger partial charge on any atom is -0.377 e. The molecule has 0 aliphatic heterocycles. The van der Waals surface area contributed by atoms with Crippen molar-refractivity contribution in [2.24, 2.45) is 0 Å². The third-order valence-electron chi connectivity index (χ3n) is 5.54. The molecule has 0 aliphatic carbocycles. The van der Waals surface area contributed by atoms with E-state index < -0.39 is 10.9 Å². The fourth-order valence-electron chi connectivity index (χ4n) is 3.84. The van der Waals surface area contributed by atoms with Gasteiger partial charge in [-0.3, -0.25) is 9.59 Å². The van der Waals surface area contributed by atoms with Crippen molar-refractivity contribution in [2.45, 2.75) is 31.8 Å². The van der Waals surface area contributed by atoms with Gasteiger partial charge in [0.1, 0.15) is 11.4 Å². The summed E-state index contributed by atoms with van der Waals surface area (Å²) in [6.45, 7) is 7.04. The number of anilines is 2. The summed E-state index contributed by atoms with van der Waals surface area (Å²) in [5.41, 5.74) is 2.56. The minimum absolute atomic E-state index is 0.0520. The van der Waals surface area contributed by atoms with Crippen molar-refractivity contribution in [1.29, 1.82) is 0 Å². The minimum atomic E-state index is -0.425. The second-order valence-electron chi connectivity index (χ2n) is 8.26. The molecule has 31 heavy (non-hydrogen) atoms. The van der Waals surface area contributed by atoms with Crippen LogP contribution in [0.3, 0.4) is 0 Å². The molecule has 0 radical (unpaired) electrons. The molecule has 2 aromatic carbocycles. The summed E-state index contributed by atoms with van der Waals surface area (Å²) in [6.07, 6.45) is 3.44. The van der Waals surface area contributed by atoms with E-state index in [1.54, 1.807) is 17.4 Å².